The average Bonchev–Trinajstić information content (AvgIpc) is 2.88. The van der Waals surface area contributed by atoms with Crippen molar-refractivity contribution >= 4 is 28.8 Å². The lowest BCUT2D eigenvalue weighted by molar-refractivity contribution is 0.0954. The van der Waals surface area contributed by atoms with Gasteiger partial charge in [0.05, 0.1) is 11.6 Å². The third-order valence-electron chi connectivity index (χ3n) is 2.08. The van der Waals surface area contributed by atoms with Gasteiger partial charge in [-0.25, -0.2) is 4.98 Å². The van der Waals surface area contributed by atoms with Crippen LogP contribution in [0.1, 0.15) is 21.1 Å². The Labute approximate surface area is 102 Å². The monoisotopic (exact) mass is 255 g/mol. The highest BCUT2D eigenvalue weighted by Gasteiger charge is 2.14. The quantitative estimate of drug-likeness (QED) is 0.885. The number of carbonyl (C=O) groups is 1. The molecule has 0 aliphatic rings. The first-order valence-corrected chi connectivity index (χ1v) is 5.94. The maximum Gasteiger partial charge on any atom is 0.263 e. The minimum absolute atomic E-state index is 0.167. The molecule has 0 saturated carbocycles. The van der Waals surface area contributed by atoms with Gasteiger partial charge in [-0.2, -0.15) is 0 Å². The van der Waals surface area contributed by atoms with Crippen LogP contribution in [0.3, 0.4) is 0 Å². The smallest absolute Gasteiger partial charge is 0.263 e. The second-order valence-corrected chi connectivity index (χ2v) is 4.54. The Kier molecular flexibility index (Phi) is 3.26. The fourth-order valence-electron chi connectivity index (χ4n) is 1.22. The van der Waals surface area contributed by atoms with Crippen LogP contribution in [0, 0.1) is 6.92 Å². The number of aromatic amines is 1. The van der Waals surface area contributed by atoms with Gasteiger partial charge in [-0.15, -0.1) is 11.3 Å². The lowest BCUT2D eigenvalue weighted by Crippen LogP contribution is -2.22. The Hall–Kier alpha value is -1.33. The first kappa shape index (κ1) is 11.2. The lowest BCUT2D eigenvalue weighted by Gasteiger charge is -2.01. The number of nitrogens with one attached hydrogen (secondary N) is 2. The number of rotatable bonds is 3. The molecule has 2 aromatic rings. The molecule has 6 heteroatoms. The highest BCUT2D eigenvalue weighted by molar-refractivity contribution is 7.13. The maximum atomic E-state index is 11.7. The van der Waals surface area contributed by atoms with Gasteiger partial charge in [0, 0.05) is 12.4 Å². The fourth-order valence-corrected chi connectivity index (χ4v) is 2.42. The molecule has 0 saturated heterocycles. The van der Waals surface area contributed by atoms with Crippen molar-refractivity contribution in [3.8, 4) is 0 Å². The Bertz CT molecular complexity index is 492. The third-order valence-corrected chi connectivity index (χ3v) is 3.77. The van der Waals surface area contributed by atoms with E-state index in [9.17, 15) is 4.79 Å². The number of amides is 1. The molecule has 0 fully saturated rings. The Balaban J connectivity index is 2.01. The zero-order chi connectivity index (χ0) is 11.5. The number of imidazole rings is 1. The molecule has 0 aliphatic heterocycles. The number of hydrogen-bond donors (Lipinski definition) is 2. The molecule has 0 spiro atoms. The number of halogens is 1. The predicted molar refractivity (Wildman–Crippen MR) is 63.8 cm³/mol. The van der Waals surface area contributed by atoms with E-state index in [2.05, 4.69) is 15.3 Å². The van der Waals surface area contributed by atoms with Crippen LogP contribution in [-0.2, 0) is 6.54 Å². The van der Waals surface area contributed by atoms with Gasteiger partial charge in [0.25, 0.3) is 5.91 Å². The number of hydrogen-bond acceptors (Lipinski definition) is 3. The summed E-state index contributed by atoms with van der Waals surface area (Å²) in [6, 6.07) is 0. The molecule has 2 rings (SSSR count). The van der Waals surface area contributed by atoms with E-state index in [0.29, 0.717) is 16.4 Å². The average molecular weight is 256 g/mol. The Morgan fingerprint density at radius 3 is 3.06 bits per heavy atom. The van der Waals surface area contributed by atoms with Crippen LogP contribution in [0.15, 0.2) is 17.8 Å². The van der Waals surface area contributed by atoms with E-state index in [-0.39, 0.29) is 5.91 Å². The van der Waals surface area contributed by atoms with Crippen molar-refractivity contribution in [1.82, 2.24) is 15.3 Å². The summed E-state index contributed by atoms with van der Waals surface area (Å²) in [5.41, 5.74) is 0.926. The number of aromatic nitrogens is 2. The largest absolute Gasteiger partial charge is 0.347 e. The van der Waals surface area contributed by atoms with E-state index in [1.54, 1.807) is 12.4 Å². The van der Waals surface area contributed by atoms with Crippen molar-refractivity contribution in [2.24, 2.45) is 0 Å². The second kappa shape index (κ2) is 4.67. The predicted octanol–water partition coefficient (Wildman–Crippen LogP) is 2.36. The van der Waals surface area contributed by atoms with Crippen molar-refractivity contribution in [3.05, 3.63) is 39.1 Å². The van der Waals surface area contributed by atoms with Gasteiger partial charge in [-0.1, -0.05) is 11.6 Å². The molecule has 16 heavy (non-hydrogen) atoms. The van der Waals surface area contributed by atoms with Gasteiger partial charge in [0.1, 0.15) is 10.7 Å². The van der Waals surface area contributed by atoms with Crippen molar-refractivity contribution < 1.29 is 4.79 Å². The lowest BCUT2D eigenvalue weighted by atomic mass is 10.3. The summed E-state index contributed by atoms with van der Waals surface area (Å²) in [7, 11) is 0. The van der Waals surface area contributed by atoms with Crippen LogP contribution in [0.2, 0.25) is 5.02 Å². The van der Waals surface area contributed by atoms with Crippen LogP contribution < -0.4 is 5.32 Å². The summed E-state index contributed by atoms with van der Waals surface area (Å²) < 4.78 is 0. The molecule has 0 bridgehead atoms. The third kappa shape index (κ3) is 2.25. The molecular weight excluding hydrogens is 246 g/mol. The number of aryl methyl sites for hydroxylation is 1. The summed E-state index contributed by atoms with van der Waals surface area (Å²) >= 11 is 7.34. The molecule has 0 atom stereocenters. The van der Waals surface area contributed by atoms with Crippen LogP contribution in [0.25, 0.3) is 0 Å². The summed E-state index contributed by atoms with van der Waals surface area (Å²) in [5.74, 6) is 0.553. The first-order chi connectivity index (χ1) is 7.68. The van der Waals surface area contributed by atoms with Crippen LogP contribution >= 0.6 is 22.9 Å². The van der Waals surface area contributed by atoms with E-state index in [4.69, 9.17) is 11.6 Å². The Morgan fingerprint density at radius 2 is 2.50 bits per heavy atom. The molecule has 0 unspecified atom stereocenters. The molecule has 0 radical (unpaired) electrons. The summed E-state index contributed by atoms with van der Waals surface area (Å²) in [6.45, 7) is 2.25. The normalized spacial score (nSPS) is 10.4. The van der Waals surface area contributed by atoms with Gasteiger partial charge in [0.15, 0.2) is 0 Å². The molecule has 0 aromatic carbocycles. The van der Waals surface area contributed by atoms with Crippen LogP contribution in [0.4, 0.5) is 0 Å². The maximum absolute atomic E-state index is 11.7. The SMILES string of the molecule is Cc1csc(C(=O)NCc2ncc[nH]2)c1Cl. The van der Waals surface area contributed by atoms with Gasteiger partial charge in [-0.05, 0) is 17.9 Å². The van der Waals surface area contributed by atoms with E-state index in [1.807, 2.05) is 12.3 Å². The molecule has 2 heterocycles. The van der Waals surface area contributed by atoms with Gasteiger partial charge < -0.3 is 10.3 Å². The van der Waals surface area contributed by atoms with Crippen molar-refractivity contribution in [2.75, 3.05) is 0 Å². The van der Waals surface area contributed by atoms with Crippen molar-refractivity contribution in [3.63, 3.8) is 0 Å². The number of nitrogens with zero attached hydrogens (tertiary/aromatic N) is 1. The number of carbonyl (C=O) groups excluding carboxylic acids is 1. The number of thiophene rings is 1. The first-order valence-electron chi connectivity index (χ1n) is 4.68. The molecule has 1 amide bonds. The van der Waals surface area contributed by atoms with Gasteiger partial charge in [-0.3, -0.25) is 4.79 Å². The zero-order valence-corrected chi connectivity index (χ0v) is 10.2. The fraction of sp³-hybridized carbons (Fsp3) is 0.200. The molecule has 84 valence electrons. The van der Waals surface area contributed by atoms with Gasteiger partial charge >= 0.3 is 0 Å². The summed E-state index contributed by atoms with van der Waals surface area (Å²) in [5, 5.41) is 5.14. The van der Waals surface area contributed by atoms with Gasteiger partial charge in [0.2, 0.25) is 0 Å². The topological polar surface area (TPSA) is 57.8 Å². The zero-order valence-electron chi connectivity index (χ0n) is 8.58. The highest BCUT2D eigenvalue weighted by atomic mass is 35.5. The number of H-pyrrole nitrogens is 1. The molecule has 2 aromatic heterocycles. The van der Waals surface area contributed by atoms with Crippen molar-refractivity contribution in [2.45, 2.75) is 13.5 Å². The van der Waals surface area contributed by atoms with E-state index in [1.165, 1.54) is 11.3 Å². The van der Waals surface area contributed by atoms with E-state index >= 15 is 0 Å². The molecule has 2 N–H and O–H groups in total. The molecule has 0 aliphatic carbocycles. The van der Waals surface area contributed by atoms with Crippen LogP contribution in [-0.4, -0.2) is 15.9 Å². The van der Waals surface area contributed by atoms with Crippen LogP contribution in [0.5, 0.6) is 0 Å². The van der Waals surface area contributed by atoms with E-state index < -0.39 is 0 Å². The van der Waals surface area contributed by atoms with E-state index in [0.717, 1.165) is 11.4 Å². The molecule has 4 nitrogen and oxygen atoms in total. The summed E-state index contributed by atoms with van der Waals surface area (Å²) in [6.07, 6.45) is 3.35. The highest BCUT2D eigenvalue weighted by Crippen LogP contribution is 2.26. The minimum atomic E-state index is -0.167. The summed E-state index contributed by atoms with van der Waals surface area (Å²) in [4.78, 5) is 19.2. The second-order valence-electron chi connectivity index (χ2n) is 3.28. The minimum Gasteiger partial charge on any atom is -0.347 e. The molecular formula is C10H10ClN3OS. The standard InChI is InChI=1S/C10H10ClN3OS/c1-6-5-16-9(8(6)11)10(15)14-4-7-12-2-3-13-7/h2-3,5H,4H2,1H3,(H,12,13)(H,14,15). The van der Waals surface area contributed by atoms with Crippen molar-refractivity contribution in [1.29, 1.82) is 0 Å². The Morgan fingerprint density at radius 1 is 1.69 bits per heavy atom.